The molecule has 1 fully saturated rings. The molecule has 1 aliphatic carbocycles. The van der Waals surface area contributed by atoms with Crippen LogP contribution in [0.2, 0.25) is 0 Å². The highest BCUT2D eigenvalue weighted by molar-refractivity contribution is 5.81. The molecule has 0 bridgehead atoms. The number of carbonyl (C=O) groups excluding carboxylic acids is 1. The van der Waals surface area contributed by atoms with Crippen molar-refractivity contribution in [2.75, 3.05) is 7.11 Å². The fourth-order valence-electron chi connectivity index (χ4n) is 1.72. The van der Waals surface area contributed by atoms with E-state index in [1.807, 2.05) is 12.3 Å². The van der Waals surface area contributed by atoms with Crippen molar-refractivity contribution >= 4 is 5.97 Å². The van der Waals surface area contributed by atoms with Gasteiger partial charge in [-0.25, -0.2) is 4.79 Å². The van der Waals surface area contributed by atoms with E-state index < -0.39 is 5.54 Å². The summed E-state index contributed by atoms with van der Waals surface area (Å²) in [7, 11) is 1.43. The van der Waals surface area contributed by atoms with Crippen molar-refractivity contribution in [1.82, 2.24) is 9.78 Å². The van der Waals surface area contributed by atoms with Gasteiger partial charge in [0.25, 0.3) is 0 Å². The van der Waals surface area contributed by atoms with Crippen molar-refractivity contribution in [3.8, 4) is 0 Å². The first-order chi connectivity index (χ1) is 7.10. The van der Waals surface area contributed by atoms with Gasteiger partial charge in [-0.3, -0.25) is 4.68 Å². The summed E-state index contributed by atoms with van der Waals surface area (Å²) in [5, 5.41) is 4.43. The lowest BCUT2D eigenvalue weighted by molar-refractivity contribution is -0.146. The van der Waals surface area contributed by atoms with Crippen molar-refractivity contribution in [3.05, 3.63) is 18.0 Å². The lowest BCUT2D eigenvalue weighted by Gasteiger charge is -2.12. The minimum absolute atomic E-state index is 0.180. The number of hydrogen-bond donors (Lipinski definition) is 0. The predicted octanol–water partition coefficient (Wildman–Crippen LogP) is 1.67. The lowest BCUT2D eigenvalue weighted by Crippen LogP contribution is -2.29. The molecule has 0 spiro atoms. The van der Waals surface area contributed by atoms with E-state index in [-0.39, 0.29) is 5.97 Å². The number of aromatic nitrogens is 2. The number of esters is 1. The molecule has 1 heterocycles. The van der Waals surface area contributed by atoms with Gasteiger partial charge in [0, 0.05) is 6.20 Å². The Kier molecular flexibility index (Phi) is 2.29. The molecule has 0 atom stereocenters. The zero-order valence-electron chi connectivity index (χ0n) is 9.36. The van der Waals surface area contributed by atoms with Crippen LogP contribution >= 0.6 is 0 Å². The molecule has 0 amide bonds. The Labute approximate surface area is 89.2 Å². The second kappa shape index (κ2) is 3.36. The van der Waals surface area contributed by atoms with Crippen LogP contribution < -0.4 is 0 Å². The van der Waals surface area contributed by atoms with Crippen LogP contribution in [0.5, 0.6) is 0 Å². The molecule has 0 aliphatic heterocycles. The second-order valence-electron chi connectivity index (χ2n) is 4.36. The standard InChI is InChI=1S/C11H16N2O2/c1-8(2)9-4-7-13(12-9)11(5-6-11)10(14)15-3/h4,7-8H,5-6H2,1-3H3. The van der Waals surface area contributed by atoms with E-state index in [1.54, 1.807) is 4.68 Å². The van der Waals surface area contributed by atoms with E-state index >= 15 is 0 Å². The minimum Gasteiger partial charge on any atom is -0.467 e. The number of carbonyl (C=O) groups is 1. The van der Waals surface area contributed by atoms with Gasteiger partial charge >= 0.3 is 5.97 Å². The summed E-state index contributed by atoms with van der Waals surface area (Å²) in [6, 6.07) is 1.97. The number of rotatable bonds is 3. The average Bonchev–Trinajstić information content (AvgIpc) is 2.87. The molecular weight excluding hydrogens is 192 g/mol. The van der Waals surface area contributed by atoms with Gasteiger partial charge in [-0.2, -0.15) is 5.10 Å². The molecule has 1 saturated carbocycles. The molecule has 4 heteroatoms. The molecule has 0 unspecified atom stereocenters. The molecule has 82 valence electrons. The number of nitrogens with zero attached hydrogens (tertiary/aromatic N) is 2. The summed E-state index contributed by atoms with van der Waals surface area (Å²) >= 11 is 0. The smallest absolute Gasteiger partial charge is 0.333 e. The van der Waals surface area contributed by atoms with E-state index in [0.717, 1.165) is 18.5 Å². The van der Waals surface area contributed by atoms with E-state index in [9.17, 15) is 4.79 Å². The molecule has 2 rings (SSSR count). The second-order valence-corrected chi connectivity index (χ2v) is 4.36. The Morgan fingerprint density at radius 1 is 1.60 bits per heavy atom. The zero-order valence-corrected chi connectivity index (χ0v) is 9.36. The predicted molar refractivity (Wildman–Crippen MR) is 55.5 cm³/mol. The molecule has 1 aromatic heterocycles. The summed E-state index contributed by atoms with van der Waals surface area (Å²) in [6.45, 7) is 4.18. The highest BCUT2D eigenvalue weighted by Crippen LogP contribution is 2.44. The van der Waals surface area contributed by atoms with Crippen molar-refractivity contribution in [1.29, 1.82) is 0 Å². The van der Waals surface area contributed by atoms with E-state index in [4.69, 9.17) is 4.74 Å². The Hall–Kier alpha value is -1.32. The molecule has 1 aliphatic rings. The van der Waals surface area contributed by atoms with Gasteiger partial charge in [-0.05, 0) is 24.8 Å². The van der Waals surface area contributed by atoms with Gasteiger partial charge < -0.3 is 4.74 Å². The van der Waals surface area contributed by atoms with Crippen molar-refractivity contribution < 1.29 is 9.53 Å². The Balaban J connectivity index is 2.26. The summed E-state index contributed by atoms with van der Waals surface area (Å²) in [4.78, 5) is 11.6. The van der Waals surface area contributed by atoms with Gasteiger partial charge in [0.2, 0.25) is 0 Å². The lowest BCUT2D eigenvalue weighted by atomic mass is 10.1. The Morgan fingerprint density at radius 2 is 2.27 bits per heavy atom. The van der Waals surface area contributed by atoms with Crippen LogP contribution in [0.15, 0.2) is 12.3 Å². The van der Waals surface area contributed by atoms with Crippen molar-refractivity contribution in [3.63, 3.8) is 0 Å². The average molecular weight is 208 g/mol. The molecule has 4 nitrogen and oxygen atoms in total. The van der Waals surface area contributed by atoms with Gasteiger partial charge in [0.15, 0.2) is 5.54 Å². The Morgan fingerprint density at radius 3 is 2.67 bits per heavy atom. The summed E-state index contributed by atoms with van der Waals surface area (Å²) < 4.78 is 6.56. The Bertz CT molecular complexity index is 378. The third-order valence-electron chi connectivity index (χ3n) is 2.93. The first-order valence-electron chi connectivity index (χ1n) is 5.24. The van der Waals surface area contributed by atoms with E-state index in [1.165, 1.54) is 7.11 Å². The highest BCUT2D eigenvalue weighted by Gasteiger charge is 2.54. The topological polar surface area (TPSA) is 44.1 Å². The molecule has 15 heavy (non-hydrogen) atoms. The summed E-state index contributed by atoms with van der Waals surface area (Å²) in [5.74, 6) is 0.209. The van der Waals surface area contributed by atoms with Crippen molar-refractivity contribution in [2.24, 2.45) is 0 Å². The molecular formula is C11H16N2O2. The van der Waals surface area contributed by atoms with Crippen LogP contribution in [-0.4, -0.2) is 22.9 Å². The number of methoxy groups -OCH3 is 1. The van der Waals surface area contributed by atoms with Gasteiger partial charge in [0.05, 0.1) is 12.8 Å². The van der Waals surface area contributed by atoms with Gasteiger partial charge in [-0.15, -0.1) is 0 Å². The SMILES string of the molecule is COC(=O)C1(n2ccc(C(C)C)n2)CC1. The largest absolute Gasteiger partial charge is 0.467 e. The maximum Gasteiger partial charge on any atom is 0.333 e. The van der Waals surface area contributed by atoms with Crippen LogP contribution in [0.3, 0.4) is 0 Å². The van der Waals surface area contributed by atoms with E-state index in [2.05, 4.69) is 18.9 Å². The van der Waals surface area contributed by atoms with Crippen molar-refractivity contribution in [2.45, 2.75) is 38.1 Å². The summed E-state index contributed by atoms with van der Waals surface area (Å²) in [5.41, 5.74) is 0.521. The molecule has 1 aromatic rings. The maximum absolute atomic E-state index is 11.6. The quantitative estimate of drug-likeness (QED) is 0.710. The van der Waals surface area contributed by atoms with Crippen LogP contribution in [0.4, 0.5) is 0 Å². The minimum atomic E-state index is -0.498. The first-order valence-corrected chi connectivity index (χ1v) is 5.24. The van der Waals surface area contributed by atoms with Gasteiger partial charge in [0.1, 0.15) is 0 Å². The highest BCUT2D eigenvalue weighted by atomic mass is 16.5. The van der Waals surface area contributed by atoms with Crippen LogP contribution in [0.25, 0.3) is 0 Å². The third-order valence-corrected chi connectivity index (χ3v) is 2.93. The number of ether oxygens (including phenoxy) is 1. The zero-order chi connectivity index (χ0) is 11.1. The fraction of sp³-hybridized carbons (Fsp3) is 0.636. The van der Waals surface area contributed by atoms with Crippen LogP contribution in [-0.2, 0) is 15.1 Å². The molecule has 0 radical (unpaired) electrons. The van der Waals surface area contributed by atoms with Crippen LogP contribution in [0, 0.1) is 0 Å². The van der Waals surface area contributed by atoms with Gasteiger partial charge in [-0.1, -0.05) is 13.8 Å². The molecule has 0 saturated heterocycles. The molecule has 0 N–H and O–H groups in total. The third kappa shape index (κ3) is 1.54. The maximum atomic E-state index is 11.6. The monoisotopic (exact) mass is 208 g/mol. The molecule has 0 aromatic carbocycles. The normalized spacial score (nSPS) is 17.9. The fourth-order valence-corrected chi connectivity index (χ4v) is 1.72. The summed E-state index contributed by atoms with van der Waals surface area (Å²) in [6.07, 6.45) is 3.54. The first kappa shape index (κ1) is 10.2. The van der Waals surface area contributed by atoms with E-state index in [0.29, 0.717) is 5.92 Å². The van der Waals surface area contributed by atoms with Crippen LogP contribution in [0.1, 0.15) is 38.3 Å². The number of hydrogen-bond acceptors (Lipinski definition) is 3.